The van der Waals surface area contributed by atoms with Crippen LogP contribution in [0.1, 0.15) is 0 Å². The molecule has 0 bridgehead atoms. The molecule has 1 heterocycles. The van der Waals surface area contributed by atoms with Crippen molar-refractivity contribution >= 4 is 23.3 Å². The number of rotatable bonds is 2. The fourth-order valence-corrected chi connectivity index (χ4v) is 2.44. The molecule has 3 aromatic rings. The summed E-state index contributed by atoms with van der Waals surface area (Å²) in [4.78, 5) is 2.88. The second-order valence-corrected chi connectivity index (χ2v) is 4.75. The molecule has 0 radical (unpaired) electrons. The van der Waals surface area contributed by atoms with Gasteiger partial charge in [0.05, 0.1) is 23.8 Å². The zero-order valence-electron chi connectivity index (χ0n) is 10.8. The molecule has 0 amide bonds. The highest BCUT2D eigenvalue weighted by molar-refractivity contribution is 7.71. The molecular formula is C14H9F3N2OS. The molecule has 1 aromatic heterocycles. The minimum absolute atomic E-state index is 0.168. The van der Waals surface area contributed by atoms with Gasteiger partial charge in [-0.25, -0.2) is 13.2 Å². The van der Waals surface area contributed by atoms with Crippen LogP contribution in [0.25, 0.3) is 16.7 Å². The largest absolute Gasteiger partial charge is 0.497 e. The maximum atomic E-state index is 14.0. The lowest BCUT2D eigenvalue weighted by Gasteiger charge is -2.08. The molecule has 108 valence electrons. The van der Waals surface area contributed by atoms with E-state index >= 15 is 0 Å². The van der Waals surface area contributed by atoms with Crippen molar-refractivity contribution in [2.45, 2.75) is 0 Å². The predicted molar refractivity (Wildman–Crippen MR) is 74.9 cm³/mol. The lowest BCUT2D eigenvalue weighted by molar-refractivity contribution is 0.415. The van der Waals surface area contributed by atoms with Gasteiger partial charge in [0.15, 0.2) is 16.4 Å². The van der Waals surface area contributed by atoms with E-state index in [1.807, 2.05) is 0 Å². The van der Waals surface area contributed by atoms with Crippen LogP contribution in [0, 0.1) is 22.2 Å². The number of aromatic amines is 1. The normalized spacial score (nSPS) is 11.0. The Kier molecular flexibility index (Phi) is 3.21. The van der Waals surface area contributed by atoms with Crippen LogP contribution in [0.15, 0.2) is 30.3 Å². The molecule has 21 heavy (non-hydrogen) atoms. The number of hydrogen-bond acceptors (Lipinski definition) is 2. The molecule has 1 N–H and O–H groups in total. The number of benzene rings is 2. The van der Waals surface area contributed by atoms with E-state index in [0.29, 0.717) is 22.8 Å². The van der Waals surface area contributed by atoms with E-state index < -0.39 is 17.5 Å². The van der Waals surface area contributed by atoms with Crippen molar-refractivity contribution < 1.29 is 17.9 Å². The van der Waals surface area contributed by atoms with E-state index in [4.69, 9.17) is 17.0 Å². The minimum atomic E-state index is -1.25. The minimum Gasteiger partial charge on any atom is -0.497 e. The van der Waals surface area contributed by atoms with Crippen LogP contribution in [0.3, 0.4) is 0 Å². The molecule has 0 unspecified atom stereocenters. The standard InChI is InChI=1S/C14H9F3N2OS/c1-20-7-2-3-11-13(4-7)19(14(21)18-11)12-6-9(16)8(15)5-10(12)17/h2-6H,1H3,(H,18,21). The molecule has 0 spiro atoms. The lowest BCUT2D eigenvalue weighted by atomic mass is 10.2. The molecule has 2 aromatic carbocycles. The Morgan fingerprint density at radius 1 is 1.05 bits per heavy atom. The first kappa shape index (κ1) is 13.7. The van der Waals surface area contributed by atoms with Crippen LogP contribution in [0.2, 0.25) is 0 Å². The molecule has 0 saturated carbocycles. The number of methoxy groups -OCH3 is 1. The Balaban J connectivity index is 2.36. The number of nitrogens with zero attached hydrogens (tertiary/aromatic N) is 1. The number of aromatic nitrogens is 2. The van der Waals surface area contributed by atoms with Crippen molar-refractivity contribution in [2.75, 3.05) is 7.11 Å². The molecule has 7 heteroatoms. The molecule has 0 aliphatic carbocycles. The van der Waals surface area contributed by atoms with Crippen LogP contribution < -0.4 is 4.74 Å². The van der Waals surface area contributed by atoms with Crippen LogP contribution in [-0.2, 0) is 0 Å². The van der Waals surface area contributed by atoms with Gasteiger partial charge in [0, 0.05) is 18.2 Å². The number of H-pyrrole nitrogens is 1. The van der Waals surface area contributed by atoms with E-state index in [9.17, 15) is 13.2 Å². The summed E-state index contributed by atoms with van der Waals surface area (Å²) in [5.41, 5.74) is 0.965. The number of fused-ring (bicyclic) bond motifs is 1. The second-order valence-electron chi connectivity index (χ2n) is 4.37. The maximum absolute atomic E-state index is 14.0. The fraction of sp³-hybridized carbons (Fsp3) is 0.0714. The van der Waals surface area contributed by atoms with Gasteiger partial charge < -0.3 is 9.72 Å². The van der Waals surface area contributed by atoms with Gasteiger partial charge in [-0.2, -0.15) is 0 Å². The highest BCUT2D eigenvalue weighted by Crippen LogP contribution is 2.26. The summed E-state index contributed by atoms with van der Waals surface area (Å²) in [7, 11) is 1.49. The molecular weight excluding hydrogens is 301 g/mol. The monoisotopic (exact) mass is 310 g/mol. The summed E-state index contributed by atoms with van der Waals surface area (Å²) in [5, 5.41) is 0. The smallest absolute Gasteiger partial charge is 0.182 e. The van der Waals surface area contributed by atoms with Gasteiger partial charge >= 0.3 is 0 Å². The van der Waals surface area contributed by atoms with E-state index in [0.717, 1.165) is 6.07 Å². The highest BCUT2D eigenvalue weighted by atomic mass is 32.1. The Labute approximate surface area is 122 Å². The topological polar surface area (TPSA) is 29.9 Å². The first-order valence-corrected chi connectivity index (χ1v) is 6.36. The molecule has 0 aliphatic heterocycles. The Morgan fingerprint density at radius 3 is 2.48 bits per heavy atom. The third-order valence-electron chi connectivity index (χ3n) is 3.12. The molecule has 0 saturated heterocycles. The van der Waals surface area contributed by atoms with Crippen molar-refractivity contribution in [3.8, 4) is 11.4 Å². The maximum Gasteiger partial charge on any atom is 0.182 e. The van der Waals surface area contributed by atoms with Crippen molar-refractivity contribution in [2.24, 2.45) is 0 Å². The fourth-order valence-electron chi connectivity index (χ4n) is 2.13. The number of ether oxygens (including phenoxy) is 1. The van der Waals surface area contributed by atoms with E-state index in [2.05, 4.69) is 4.98 Å². The Hall–Kier alpha value is -2.28. The number of nitrogens with one attached hydrogen (secondary N) is 1. The average molecular weight is 310 g/mol. The van der Waals surface area contributed by atoms with Gasteiger partial charge in [-0.1, -0.05) is 0 Å². The van der Waals surface area contributed by atoms with Gasteiger partial charge in [-0.05, 0) is 24.4 Å². The van der Waals surface area contributed by atoms with Crippen LogP contribution in [0.5, 0.6) is 5.75 Å². The van der Waals surface area contributed by atoms with Crippen LogP contribution in [-0.4, -0.2) is 16.7 Å². The third kappa shape index (κ3) is 2.19. The van der Waals surface area contributed by atoms with Gasteiger partial charge in [0.25, 0.3) is 0 Å². The zero-order valence-corrected chi connectivity index (χ0v) is 11.6. The average Bonchev–Trinajstić information content (AvgIpc) is 2.78. The van der Waals surface area contributed by atoms with Crippen LogP contribution in [0.4, 0.5) is 13.2 Å². The van der Waals surface area contributed by atoms with E-state index in [1.54, 1.807) is 18.2 Å². The van der Waals surface area contributed by atoms with Crippen molar-refractivity contribution in [1.29, 1.82) is 0 Å². The number of hydrogen-bond donors (Lipinski definition) is 1. The summed E-state index contributed by atoms with van der Waals surface area (Å²) in [6, 6.07) is 6.30. The molecule has 3 rings (SSSR count). The summed E-state index contributed by atoms with van der Waals surface area (Å²) in [6.07, 6.45) is 0. The molecule has 0 fully saturated rings. The third-order valence-corrected chi connectivity index (χ3v) is 3.41. The van der Waals surface area contributed by atoms with Crippen molar-refractivity contribution in [1.82, 2.24) is 9.55 Å². The highest BCUT2D eigenvalue weighted by Gasteiger charge is 2.15. The van der Waals surface area contributed by atoms with E-state index in [1.165, 1.54) is 11.7 Å². The van der Waals surface area contributed by atoms with E-state index in [-0.39, 0.29) is 10.5 Å². The zero-order chi connectivity index (χ0) is 15.1. The summed E-state index contributed by atoms with van der Waals surface area (Å²) in [5.74, 6) is -2.77. The molecule has 0 aliphatic rings. The van der Waals surface area contributed by atoms with Gasteiger partial charge in [-0.3, -0.25) is 4.57 Å². The van der Waals surface area contributed by atoms with Crippen LogP contribution >= 0.6 is 12.2 Å². The first-order valence-electron chi connectivity index (χ1n) is 5.95. The quantitative estimate of drug-likeness (QED) is 0.570. The van der Waals surface area contributed by atoms with Gasteiger partial charge in [-0.15, -0.1) is 0 Å². The first-order chi connectivity index (χ1) is 10.0. The van der Waals surface area contributed by atoms with Crippen molar-refractivity contribution in [3.05, 3.63) is 52.6 Å². The number of halogens is 3. The second kappa shape index (κ2) is 4.92. The lowest BCUT2D eigenvalue weighted by Crippen LogP contribution is -2.01. The SMILES string of the molecule is COc1ccc2[nH]c(=S)n(-c3cc(F)c(F)cc3F)c2c1. The summed E-state index contributed by atoms with van der Waals surface area (Å²) >= 11 is 5.13. The van der Waals surface area contributed by atoms with Gasteiger partial charge in [0.2, 0.25) is 0 Å². The van der Waals surface area contributed by atoms with Crippen molar-refractivity contribution in [3.63, 3.8) is 0 Å². The Bertz CT molecular complexity index is 901. The predicted octanol–water partition coefficient (Wildman–Crippen LogP) is 4.11. The Morgan fingerprint density at radius 2 is 1.76 bits per heavy atom. The van der Waals surface area contributed by atoms with Gasteiger partial charge in [0.1, 0.15) is 11.6 Å². The molecule has 0 atom stereocenters. The molecule has 3 nitrogen and oxygen atoms in total. The summed E-state index contributed by atoms with van der Waals surface area (Å²) < 4.78 is 47.0. The number of imidazole rings is 1. The summed E-state index contributed by atoms with van der Waals surface area (Å²) in [6.45, 7) is 0.